The minimum atomic E-state index is 0.579. The number of carbonyl (C=O) groups is 1. The van der Waals surface area contributed by atoms with E-state index in [0.717, 1.165) is 23.1 Å². The second-order valence-corrected chi connectivity index (χ2v) is 3.95. The van der Waals surface area contributed by atoms with Crippen LogP contribution in [0.15, 0.2) is 36.5 Å². The van der Waals surface area contributed by atoms with Crippen LogP contribution in [0, 0.1) is 6.92 Å². The molecule has 0 saturated carbocycles. The fourth-order valence-electron chi connectivity index (χ4n) is 1.55. The minimum absolute atomic E-state index is 0.579. The largest absolute Gasteiger partial charge is 0.298 e. The summed E-state index contributed by atoms with van der Waals surface area (Å²) in [5, 5.41) is 0.579. The summed E-state index contributed by atoms with van der Waals surface area (Å²) in [5.41, 5.74) is 3.44. The summed E-state index contributed by atoms with van der Waals surface area (Å²) in [4.78, 5) is 14.7. The molecule has 0 saturated heterocycles. The fraction of sp³-hybridized carbons (Fsp3) is 0.0769. The van der Waals surface area contributed by atoms with E-state index in [0.29, 0.717) is 10.6 Å². The van der Waals surface area contributed by atoms with Crippen molar-refractivity contribution in [1.82, 2.24) is 4.98 Å². The highest BCUT2D eigenvalue weighted by molar-refractivity contribution is 6.33. The Morgan fingerprint density at radius 2 is 2.06 bits per heavy atom. The summed E-state index contributed by atoms with van der Waals surface area (Å²) in [6.07, 6.45) is 2.53. The lowest BCUT2D eigenvalue weighted by Crippen LogP contribution is -1.86. The average molecular weight is 232 g/mol. The lowest BCUT2D eigenvalue weighted by atomic mass is 10.0. The molecule has 1 aromatic heterocycles. The summed E-state index contributed by atoms with van der Waals surface area (Å²) in [6, 6.07) is 9.13. The van der Waals surface area contributed by atoms with E-state index >= 15 is 0 Å². The molecule has 0 aliphatic rings. The van der Waals surface area contributed by atoms with Gasteiger partial charge in [-0.15, -0.1) is 0 Å². The van der Waals surface area contributed by atoms with E-state index < -0.39 is 0 Å². The Bertz CT molecular complexity index is 537. The van der Waals surface area contributed by atoms with Crippen LogP contribution >= 0.6 is 11.6 Å². The lowest BCUT2D eigenvalue weighted by Gasteiger charge is -2.05. The molecule has 0 N–H and O–H groups in total. The van der Waals surface area contributed by atoms with E-state index in [1.807, 2.05) is 25.1 Å². The first-order valence-corrected chi connectivity index (χ1v) is 5.26. The van der Waals surface area contributed by atoms with Crippen LogP contribution in [0.3, 0.4) is 0 Å². The fourth-order valence-corrected chi connectivity index (χ4v) is 1.85. The highest BCUT2D eigenvalue weighted by Crippen LogP contribution is 2.28. The molecular formula is C13H10ClNO. The molecule has 0 spiro atoms. The molecule has 1 heterocycles. The van der Waals surface area contributed by atoms with Crippen molar-refractivity contribution in [1.29, 1.82) is 0 Å². The highest BCUT2D eigenvalue weighted by Gasteiger charge is 2.04. The molecule has 0 fully saturated rings. The van der Waals surface area contributed by atoms with E-state index in [-0.39, 0.29) is 0 Å². The van der Waals surface area contributed by atoms with Crippen LogP contribution in [0.4, 0.5) is 0 Å². The van der Waals surface area contributed by atoms with Gasteiger partial charge in [0.1, 0.15) is 6.29 Å². The van der Waals surface area contributed by atoms with Gasteiger partial charge in [-0.25, -0.2) is 0 Å². The van der Waals surface area contributed by atoms with E-state index in [2.05, 4.69) is 4.98 Å². The zero-order valence-corrected chi connectivity index (χ0v) is 9.53. The Kier molecular flexibility index (Phi) is 3.02. The number of hydrogen-bond acceptors (Lipinski definition) is 2. The maximum atomic E-state index is 10.6. The minimum Gasteiger partial charge on any atom is -0.298 e. The zero-order chi connectivity index (χ0) is 11.5. The van der Waals surface area contributed by atoms with Crippen molar-refractivity contribution in [3.63, 3.8) is 0 Å². The number of aryl methyl sites for hydroxylation is 1. The average Bonchev–Trinajstić information content (AvgIpc) is 2.28. The van der Waals surface area contributed by atoms with Crippen molar-refractivity contribution >= 4 is 17.9 Å². The van der Waals surface area contributed by atoms with Crippen molar-refractivity contribution in [3.05, 3.63) is 52.8 Å². The molecular weight excluding hydrogens is 222 g/mol. The Balaban J connectivity index is 2.52. The molecule has 16 heavy (non-hydrogen) atoms. The normalized spacial score (nSPS) is 10.1. The molecule has 0 aliphatic carbocycles. The van der Waals surface area contributed by atoms with Crippen molar-refractivity contribution in [3.8, 4) is 11.1 Å². The Morgan fingerprint density at radius 3 is 2.69 bits per heavy atom. The van der Waals surface area contributed by atoms with Gasteiger partial charge in [0, 0.05) is 28.0 Å². The number of aromatic nitrogens is 1. The monoisotopic (exact) mass is 231 g/mol. The second-order valence-electron chi connectivity index (χ2n) is 3.54. The van der Waals surface area contributed by atoms with Gasteiger partial charge in [-0.05, 0) is 30.7 Å². The smallest absolute Gasteiger partial charge is 0.150 e. The van der Waals surface area contributed by atoms with Crippen molar-refractivity contribution < 1.29 is 4.79 Å². The number of hydrogen-bond donors (Lipinski definition) is 0. The predicted molar refractivity (Wildman–Crippen MR) is 64.8 cm³/mol. The number of benzene rings is 1. The molecule has 1 aromatic carbocycles. The molecule has 0 aliphatic heterocycles. The third kappa shape index (κ3) is 2.12. The first kappa shape index (κ1) is 10.8. The van der Waals surface area contributed by atoms with Crippen LogP contribution in [0.5, 0.6) is 0 Å². The number of halogens is 1. The summed E-state index contributed by atoms with van der Waals surface area (Å²) >= 11 is 6.12. The van der Waals surface area contributed by atoms with Crippen LogP contribution < -0.4 is 0 Å². The maximum absolute atomic E-state index is 10.6. The molecule has 0 bridgehead atoms. The topological polar surface area (TPSA) is 30.0 Å². The molecule has 2 aromatic rings. The van der Waals surface area contributed by atoms with Crippen molar-refractivity contribution in [2.24, 2.45) is 0 Å². The van der Waals surface area contributed by atoms with Crippen molar-refractivity contribution in [2.75, 3.05) is 0 Å². The Hall–Kier alpha value is -1.67. The molecule has 2 rings (SSSR count). The van der Waals surface area contributed by atoms with Gasteiger partial charge in [-0.2, -0.15) is 0 Å². The van der Waals surface area contributed by atoms with E-state index in [1.54, 1.807) is 18.3 Å². The molecule has 80 valence electrons. The van der Waals surface area contributed by atoms with Crippen LogP contribution in [0.1, 0.15) is 16.1 Å². The van der Waals surface area contributed by atoms with Crippen LogP contribution in [-0.4, -0.2) is 11.3 Å². The van der Waals surface area contributed by atoms with Gasteiger partial charge < -0.3 is 0 Å². The van der Waals surface area contributed by atoms with Gasteiger partial charge in [-0.1, -0.05) is 23.7 Å². The van der Waals surface area contributed by atoms with Crippen LogP contribution in [0.25, 0.3) is 11.1 Å². The summed E-state index contributed by atoms with van der Waals surface area (Å²) < 4.78 is 0. The van der Waals surface area contributed by atoms with Gasteiger partial charge in [0.2, 0.25) is 0 Å². The molecule has 0 amide bonds. The number of aldehydes is 1. The van der Waals surface area contributed by atoms with E-state index in [9.17, 15) is 4.79 Å². The van der Waals surface area contributed by atoms with Crippen molar-refractivity contribution in [2.45, 2.75) is 6.92 Å². The standard InChI is InChI=1S/C13H10ClNO/c1-9-6-11(4-5-15-9)12-3-2-10(8-16)7-13(12)14/h2-8H,1H3. The van der Waals surface area contributed by atoms with Gasteiger partial charge in [0.05, 0.1) is 0 Å². The quantitative estimate of drug-likeness (QED) is 0.741. The Labute approximate surface area is 98.9 Å². The molecule has 0 unspecified atom stereocenters. The van der Waals surface area contributed by atoms with Gasteiger partial charge in [0.15, 0.2) is 0 Å². The number of rotatable bonds is 2. The van der Waals surface area contributed by atoms with Crippen LogP contribution in [0.2, 0.25) is 5.02 Å². The zero-order valence-electron chi connectivity index (χ0n) is 8.77. The summed E-state index contributed by atoms with van der Waals surface area (Å²) in [6.45, 7) is 1.93. The maximum Gasteiger partial charge on any atom is 0.150 e. The summed E-state index contributed by atoms with van der Waals surface area (Å²) in [5.74, 6) is 0. The first-order valence-electron chi connectivity index (χ1n) is 4.88. The van der Waals surface area contributed by atoms with Crippen LogP contribution in [-0.2, 0) is 0 Å². The van der Waals surface area contributed by atoms with Gasteiger partial charge in [-0.3, -0.25) is 9.78 Å². The predicted octanol–water partition coefficient (Wildman–Crippen LogP) is 3.52. The van der Waals surface area contributed by atoms with E-state index in [4.69, 9.17) is 11.6 Å². The molecule has 3 heteroatoms. The highest BCUT2D eigenvalue weighted by atomic mass is 35.5. The number of nitrogens with zero attached hydrogens (tertiary/aromatic N) is 1. The van der Waals surface area contributed by atoms with Gasteiger partial charge >= 0.3 is 0 Å². The number of pyridine rings is 1. The van der Waals surface area contributed by atoms with Gasteiger partial charge in [0.25, 0.3) is 0 Å². The Morgan fingerprint density at radius 1 is 1.25 bits per heavy atom. The lowest BCUT2D eigenvalue weighted by molar-refractivity contribution is 0.112. The van der Waals surface area contributed by atoms with E-state index in [1.165, 1.54) is 0 Å². The molecule has 0 radical (unpaired) electrons. The number of carbonyl (C=O) groups excluding carboxylic acids is 1. The molecule has 2 nitrogen and oxygen atoms in total. The third-order valence-corrected chi connectivity index (χ3v) is 2.65. The summed E-state index contributed by atoms with van der Waals surface area (Å²) in [7, 11) is 0. The second kappa shape index (κ2) is 4.45. The first-order chi connectivity index (χ1) is 7.70. The third-order valence-electron chi connectivity index (χ3n) is 2.34. The molecule has 0 atom stereocenters. The SMILES string of the molecule is Cc1cc(-c2ccc(C=O)cc2Cl)ccn1.